The standard InChI is InChI=1S/C62H38BN3S/c64-39-51-31-47(41-19-7-1-8-20-41)35-55-60(51)66(61-53(45-27-15-5-16-28-45)33-49(43-23-11-3-12-24-43)34-54(61)46-29-17-6-18-30-46)57-37-50(44-25-13-4-14-26-44)38-58-59(57)63(55)56-36-48(42-21-9-2-10-22-42)32-52(40-65)62(56)67-58/h1-38H. The smallest absolute Gasteiger partial charge is 0.249 e. The zero-order valence-electron chi connectivity index (χ0n) is 36.3. The maximum Gasteiger partial charge on any atom is 0.249 e. The molecule has 0 unspecified atom stereocenters. The molecule has 0 atom stereocenters. The highest BCUT2D eigenvalue weighted by Crippen LogP contribution is 2.52. The number of nitriles is 2. The Labute approximate surface area is 395 Å². The summed E-state index contributed by atoms with van der Waals surface area (Å²) in [6.45, 7) is -0.312. The van der Waals surface area contributed by atoms with E-state index in [0.717, 1.165) is 110 Å². The highest BCUT2D eigenvalue weighted by atomic mass is 32.2. The summed E-state index contributed by atoms with van der Waals surface area (Å²) in [4.78, 5) is 4.45. The molecular formula is C62H38BN3S. The normalized spacial score (nSPS) is 12.0. The molecule has 2 aliphatic heterocycles. The maximum absolute atomic E-state index is 11.6. The largest absolute Gasteiger partial charge is 0.309 e. The van der Waals surface area contributed by atoms with Gasteiger partial charge in [0.05, 0.1) is 22.5 Å². The highest BCUT2D eigenvalue weighted by Gasteiger charge is 2.44. The molecule has 67 heavy (non-hydrogen) atoms. The van der Waals surface area contributed by atoms with Gasteiger partial charge in [-0.15, -0.1) is 0 Å². The van der Waals surface area contributed by atoms with Gasteiger partial charge < -0.3 is 4.90 Å². The SMILES string of the molecule is N#Cc1cc(-c2ccccc2)cc2c1Sc1cc(-c3ccccc3)cc3c1B2c1cc(-c2ccccc2)cc(C#N)c1N3c1c(-c2ccccc2)cc(-c2ccccc2)cc1-c1ccccc1. The van der Waals surface area contributed by atoms with Crippen molar-refractivity contribution in [1.29, 1.82) is 10.5 Å². The van der Waals surface area contributed by atoms with E-state index in [9.17, 15) is 10.5 Å². The molecular weight excluding hydrogens is 830 g/mol. The van der Waals surface area contributed by atoms with Gasteiger partial charge in [0, 0.05) is 26.6 Å². The molecule has 2 heterocycles. The van der Waals surface area contributed by atoms with Crippen molar-refractivity contribution in [1.82, 2.24) is 0 Å². The summed E-state index contributed by atoms with van der Waals surface area (Å²) in [5.41, 5.74) is 19.8. The minimum Gasteiger partial charge on any atom is -0.309 e. The van der Waals surface area contributed by atoms with E-state index >= 15 is 0 Å². The minimum absolute atomic E-state index is 0.312. The predicted molar refractivity (Wildman–Crippen MR) is 278 cm³/mol. The van der Waals surface area contributed by atoms with E-state index in [1.54, 1.807) is 11.8 Å². The van der Waals surface area contributed by atoms with Crippen LogP contribution in [0.5, 0.6) is 0 Å². The summed E-state index contributed by atoms with van der Waals surface area (Å²) >= 11 is 1.68. The average molecular weight is 868 g/mol. The van der Waals surface area contributed by atoms with Gasteiger partial charge in [-0.05, 0) is 103 Å². The second kappa shape index (κ2) is 16.7. The first-order valence-electron chi connectivity index (χ1n) is 22.5. The van der Waals surface area contributed by atoms with Crippen molar-refractivity contribution in [3.8, 4) is 78.9 Å². The predicted octanol–water partition coefficient (Wildman–Crippen LogP) is 14.2. The fourth-order valence-electron chi connectivity index (χ4n) is 10.1. The first-order chi connectivity index (χ1) is 33.1. The molecule has 0 radical (unpaired) electrons. The highest BCUT2D eigenvalue weighted by molar-refractivity contribution is 8.00. The minimum atomic E-state index is -0.312. The molecule has 0 fully saturated rings. The van der Waals surface area contributed by atoms with Crippen LogP contribution in [-0.2, 0) is 0 Å². The van der Waals surface area contributed by atoms with Crippen LogP contribution >= 0.6 is 11.8 Å². The molecule has 0 N–H and O–H groups in total. The number of anilines is 3. The first-order valence-corrected chi connectivity index (χ1v) is 23.3. The van der Waals surface area contributed by atoms with Crippen LogP contribution in [0.25, 0.3) is 66.8 Å². The molecule has 2 aliphatic rings. The molecule has 0 aliphatic carbocycles. The zero-order chi connectivity index (χ0) is 44.8. The lowest BCUT2D eigenvalue weighted by Crippen LogP contribution is -2.60. The van der Waals surface area contributed by atoms with Gasteiger partial charge >= 0.3 is 0 Å². The summed E-state index contributed by atoms with van der Waals surface area (Å²) < 4.78 is 0. The Morgan fingerprint density at radius 2 is 0.746 bits per heavy atom. The van der Waals surface area contributed by atoms with Crippen molar-refractivity contribution in [3.63, 3.8) is 0 Å². The van der Waals surface area contributed by atoms with Gasteiger partial charge in [-0.1, -0.05) is 211 Å². The Bertz CT molecular complexity index is 3540. The number of hydrogen-bond acceptors (Lipinski definition) is 4. The van der Waals surface area contributed by atoms with E-state index in [4.69, 9.17) is 0 Å². The van der Waals surface area contributed by atoms with Crippen LogP contribution in [0.3, 0.4) is 0 Å². The topological polar surface area (TPSA) is 50.8 Å². The van der Waals surface area contributed by atoms with Crippen LogP contribution in [0.2, 0.25) is 0 Å². The Hall–Kier alpha value is -8.61. The molecule has 5 heteroatoms. The van der Waals surface area contributed by atoms with Crippen LogP contribution in [-0.4, -0.2) is 6.71 Å². The third-order valence-electron chi connectivity index (χ3n) is 13.1. The lowest BCUT2D eigenvalue weighted by atomic mass is 9.34. The molecule has 10 aromatic carbocycles. The Kier molecular flexibility index (Phi) is 9.99. The number of rotatable bonds is 7. The Morgan fingerprint density at radius 1 is 0.358 bits per heavy atom. The molecule has 0 aromatic heterocycles. The second-order valence-electron chi connectivity index (χ2n) is 17.0. The average Bonchev–Trinajstić information content (AvgIpc) is 3.41. The monoisotopic (exact) mass is 867 g/mol. The van der Waals surface area contributed by atoms with Crippen molar-refractivity contribution in [2.24, 2.45) is 0 Å². The van der Waals surface area contributed by atoms with Crippen molar-refractivity contribution in [2.75, 3.05) is 4.90 Å². The lowest BCUT2D eigenvalue weighted by Gasteiger charge is -2.43. The van der Waals surface area contributed by atoms with E-state index in [1.165, 1.54) is 0 Å². The van der Waals surface area contributed by atoms with Gasteiger partial charge in [0.2, 0.25) is 6.71 Å². The van der Waals surface area contributed by atoms with Gasteiger partial charge in [0.15, 0.2) is 0 Å². The van der Waals surface area contributed by atoms with Gasteiger partial charge in [-0.2, -0.15) is 10.5 Å². The summed E-state index contributed by atoms with van der Waals surface area (Å²) in [7, 11) is 0. The molecule has 10 aromatic rings. The molecule has 310 valence electrons. The number of hydrogen-bond donors (Lipinski definition) is 0. The zero-order valence-corrected chi connectivity index (χ0v) is 37.1. The second-order valence-corrected chi connectivity index (χ2v) is 18.1. The van der Waals surface area contributed by atoms with Crippen LogP contribution in [0.4, 0.5) is 17.1 Å². The molecule has 0 saturated heterocycles. The van der Waals surface area contributed by atoms with Crippen molar-refractivity contribution in [2.45, 2.75) is 9.79 Å². The number of benzene rings is 10. The van der Waals surface area contributed by atoms with Gasteiger partial charge in [0.1, 0.15) is 12.1 Å². The van der Waals surface area contributed by atoms with Crippen LogP contribution < -0.4 is 21.3 Å². The third-order valence-corrected chi connectivity index (χ3v) is 14.4. The van der Waals surface area contributed by atoms with Gasteiger partial charge in [0.25, 0.3) is 0 Å². The fraction of sp³-hybridized carbons (Fsp3) is 0. The van der Waals surface area contributed by atoms with E-state index in [-0.39, 0.29) is 6.71 Å². The Balaban J connectivity index is 1.26. The van der Waals surface area contributed by atoms with Crippen LogP contribution in [0, 0.1) is 22.7 Å². The number of fused-ring (bicyclic) bond motifs is 4. The van der Waals surface area contributed by atoms with Crippen molar-refractivity contribution < 1.29 is 0 Å². The van der Waals surface area contributed by atoms with E-state index in [2.05, 4.69) is 217 Å². The van der Waals surface area contributed by atoms with Gasteiger partial charge in [-0.3, -0.25) is 0 Å². The summed E-state index contributed by atoms with van der Waals surface area (Å²) in [6.07, 6.45) is 0. The van der Waals surface area contributed by atoms with E-state index in [1.807, 2.05) is 30.3 Å². The Morgan fingerprint density at radius 3 is 1.19 bits per heavy atom. The molecule has 0 bridgehead atoms. The van der Waals surface area contributed by atoms with Crippen molar-refractivity contribution in [3.05, 3.63) is 242 Å². The molecule has 3 nitrogen and oxygen atoms in total. The van der Waals surface area contributed by atoms with Crippen molar-refractivity contribution >= 4 is 51.9 Å². The molecule has 0 spiro atoms. The number of nitrogens with zero attached hydrogens (tertiary/aromatic N) is 3. The quantitative estimate of drug-likeness (QED) is 0.150. The lowest BCUT2D eigenvalue weighted by molar-refractivity contribution is 1.26. The summed E-state index contributed by atoms with van der Waals surface area (Å²) in [5.74, 6) is 0. The molecule has 0 saturated carbocycles. The first kappa shape index (κ1) is 39.9. The van der Waals surface area contributed by atoms with E-state index < -0.39 is 0 Å². The summed E-state index contributed by atoms with van der Waals surface area (Å²) in [5, 5.41) is 22.7. The van der Waals surface area contributed by atoms with Crippen LogP contribution in [0.15, 0.2) is 240 Å². The maximum atomic E-state index is 11.6. The van der Waals surface area contributed by atoms with Gasteiger partial charge in [-0.25, -0.2) is 0 Å². The third kappa shape index (κ3) is 6.93. The molecule has 12 rings (SSSR count). The summed E-state index contributed by atoms with van der Waals surface area (Å²) in [6, 6.07) is 86.5. The fourth-order valence-corrected chi connectivity index (χ4v) is 11.4. The van der Waals surface area contributed by atoms with E-state index in [0.29, 0.717) is 11.1 Å². The van der Waals surface area contributed by atoms with Crippen LogP contribution in [0.1, 0.15) is 11.1 Å². The molecule has 0 amide bonds.